The third-order valence-electron chi connectivity index (χ3n) is 2.64. The molecule has 0 spiro atoms. The van der Waals surface area contributed by atoms with E-state index >= 15 is 0 Å². The van der Waals surface area contributed by atoms with E-state index in [-0.39, 0.29) is 12.6 Å². The van der Waals surface area contributed by atoms with Gasteiger partial charge in [0.1, 0.15) is 6.61 Å². The van der Waals surface area contributed by atoms with Crippen molar-refractivity contribution in [3.63, 3.8) is 0 Å². The number of hydrogen-bond donors (Lipinski definition) is 0. The van der Waals surface area contributed by atoms with Crippen LogP contribution in [-0.4, -0.2) is 5.97 Å². The standard InChI is InChI=1S/C17H19NO2/c1-12(2)9-16(13(3)4)17(19)20-11-15-7-5-14(10-18)6-8-15/h5-9H,11H2,1-4H3. The van der Waals surface area contributed by atoms with Crippen molar-refractivity contribution in [2.45, 2.75) is 34.3 Å². The van der Waals surface area contributed by atoms with Crippen molar-refractivity contribution in [1.82, 2.24) is 0 Å². The summed E-state index contributed by atoms with van der Waals surface area (Å²) in [6, 6.07) is 9.04. The number of carbonyl (C=O) groups is 1. The van der Waals surface area contributed by atoms with Crippen molar-refractivity contribution in [3.8, 4) is 6.07 Å². The minimum absolute atomic E-state index is 0.206. The number of benzene rings is 1. The van der Waals surface area contributed by atoms with Crippen molar-refractivity contribution < 1.29 is 9.53 Å². The highest BCUT2D eigenvalue weighted by atomic mass is 16.5. The van der Waals surface area contributed by atoms with Gasteiger partial charge in [-0.1, -0.05) is 23.3 Å². The highest BCUT2D eigenvalue weighted by Gasteiger charge is 2.10. The normalized spacial score (nSPS) is 9.35. The lowest BCUT2D eigenvalue weighted by Gasteiger charge is -2.08. The van der Waals surface area contributed by atoms with E-state index in [1.54, 1.807) is 24.3 Å². The maximum absolute atomic E-state index is 12.0. The molecule has 3 heteroatoms. The Labute approximate surface area is 120 Å². The topological polar surface area (TPSA) is 50.1 Å². The molecule has 0 atom stereocenters. The lowest BCUT2D eigenvalue weighted by molar-refractivity contribution is -0.139. The largest absolute Gasteiger partial charge is 0.457 e. The minimum Gasteiger partial charge on any atom is -0.457 e. The molecule has 0 amide bonds. The molecule has 0 radical (unpaired) electrons. The summed E-state index contributed by atoms with van der Waals surface area (Å²) in [5.41, 5.74) is 4.03. The number of esters is 1. The number of rotatable bonds is 4. The quantitative estimate of drug-likeness (QED) is 0.473. The summed E-state index contributed by atoms with van der Waals surface area (Å²) in [6.45, 7) is 7.86. The Morgan fingerprint density at radius 1 is 1.20 bits per heavy atom. The summed E-state index contributed by atoms with van der Waals surface area (Å²) in [5, 5.41) is 8.72. The van der Waals surface area contributed by atoms with Gasteiger partial charge < -0.3 is 4.74 Å². The third kappa shape index (κ3) is 4.74. The van der Waals surface area contributed by atoms with Crippen LogP contribution in [-0.2, 0) is 16.1 Å². The maximum atomic E-state index is 12.0. The van der Waals surface area contributed by atoms with E-state index in [9.17, 15) is 4.79 Å². The predicted octanol–water partition coefficient (Wildman–Crippen LogP) is 3.90. The Morgan fingerprint density at radius 3 is 2.25 bits per heavy atom. The molecule has 0 aliphatic rings. The van der Waals surface area contributed by atoms with Crippen molar-refractivity contribution in [3.05, 3.63) is 58.2 Å². The smallest absolute Gasteiger partial charge is 0.338 e. The van der Waals surface area contributed by atoms with Gasteiger partial charge in [0.25, 0.3) is 0 Å². The summed E-state index contributed by atoms with van der Waals surface area (Å²) >= 11 is 0. The van der Waals surface area contributed by atoms with Crippen LogP contribution in [0.5, 0.6) is 0 Å². The number of ether oxygens (including phenoxy) is 1. The molecule has 20 heavy (non-hydrogen) atoms. The highest BCUT2D eigenvalue weighted by molar-refractivity contribution is 5.92. The summed E-state index contributed by atoms with van der Waals surface area (Å²) in [6.07, 6.45) is 1.83. The number of nitriles is 1. The molecule has 0 N–H and O–H groups in total. The first kappa shape index (κ1) is 15.7. The summed E-state index contributed by atoms with van der Waals surface area (Å²) < 4.78 is 5.30. The van der Waals surface area contributed by atoms with Crippen molar-refractivity contribution >= 4 is 5.97 Å². The molecule has 104 valence electrons. The zero-order chi connectivity index (χ0) is 15.1. The van der Waals surface area contributed by atoms with Crippen LogP contribution in [0.3, 0.4) is 0 Å². The number of nitrogens with zero attached hydrogens (tertiary/aromatic N) is 1. The first-order valence-electron chi connectivity index (χ1n) is 6.42. The second-order valence-corrected chi connectivity index (χ2v) is 5.02. The molecule has 1 aromatic carbocycles. The number of allylic oxidation sites excluding steroid dienone is 2. The average Bonchev–Trinajstić information content (AvgIpc) is 2.42. The zero-order valence-corrected chi connectivity index (χ0v) is 12.4. The van der Waals surface area contributed by atoms with Crippen molar-refractivity contribution in [1.29, 1.82) is 5.26 Å². The maximum Gasteiger partial charge on any atom is 0.338 e. The van der Waals surface area contributed by atoms with E-state index in [0.717, 1.165) is 16.7 Å². The monoisotopic (exact) mass is 269 g/mol. The molecule has 0 unspecified atom stereocenters. The summed E-state index contributed by atoms with van der Waals surface area (Å²) in [5.74, 6) is -0.324. The lowest BCUT2D eigenvalue weighted by atomic mass is 10.1. The van der Waals surface area contributed by atoms with Gasteiger partial charge in [-0.05, 0) is 51.5 Å². The fourth-order valence-electron chi connectivity index (χ4n) is 1.60. The molecule has 0 fully saturated rings. The molecule has 0 aromatic heterocycles. The fourth-order valence-corrected chi connectivity index (χ4v) is 1.60. The molecule has 0 aliphatic carbocycles. The lowest BCUT2D eigenvalue weighted by Crippen LogP contribution is -2.08. The van der Waals surface area contributed by atoms with Crippen LogP contribution in [0.4, 0.5) is 0 Å². The van der Waals surface area contributed by atoms with Crippen LogP contribution in [0.2, 0.25) is 0 Å². The van der Waals surface area contributed by atoms with Gasteiger partial charge in [0.15, 0.2) is 0 Å². The SMILES string of the molecule is CC(C)=CC(C(=O)OCc1ccc(C#N)cc1)=C(C)C. The highest BCUT2D eigenvalue weighted by Crippen LogP contribution is 2.12. The van der Waals surface area contributed by atoms with E-state index in [0.29, 0.717) is 11.1 Å². The summed E-state index contributed by atoms with van der Waals surface area (Å²) in [7, 11) is 0. The molecular weight excluding hydrogens is 250 g/mol. The van der Waals surface area contributed by atoms with Crippen molar-refractivity contribution in [2.24, 2.45) is 0 Å². The molecule has 0 bridgehead atoms. The first-order valence-corrected chi connectivity index (χ1v) is 6.42. The average molecular weight is 269 g/mol. The Bertz CT molecular complexity index is 578. The van der Waals surface area contributed by atoms with Gasteiger partial charge in [-0.2, -0.15) is 5.26 Å². The van der Waals surface area contributed by atoms with Crippen LogP contribution in [0.15, 0.2) is 47.1 Å². The Hall–Kier alpha value is -2.34. The molecule has 0 aliphatic heterocycles. The second-order valence-electron chi connectivity index (χ2n) is 5.02. The Morgan fingerprint density at radius 2 is 1.80 bits per heavy atom. The van der Waals surface area contributed by atoms with E-state index in [1.807, 2.05) is 33.8 Å². The van der Waals surface area contributed by atoms with E-state index in [4.69, 9.17) is 10.00 Å². The van der Waals surface area contributed by atoms with Gasteiger partial charge in [-0.3, -0.25) is 0 Å². The fraction of sp³-hybridized carbons (Fsp3) is 0.294. The number of hydrogen-bond acceptors (Lipinski definition) is 3. The molecular formula is C17H19NO2. The van der Waals surface area contributed by atoms with Crippen LogP contribution in [0, 0.1) is 11.3 Å². The van der Waals surface area contributed by atoms with Crippen LogP contribution < -0.4 is 0 Å². The van der Waals surface area contributed by atoms with Crippen LogP contribution >= 0.6 is 0 Å². The molecule has 0 saturated carbocycles. The molecule has 0 heterocycles. The van der Waals surface area contributed by atoms with Gasteiger partial charge in [-0.25, -0.2) is 4.79 Å². The van der Waals surface area contributed by atoms with E-state index < -0.39 is 0 Å². The van der Waals surface area contributed by atoms with Crippen molar-refractivity contribution in [2.75, 3.05) is 0 Å². The third-order valence-corrected chi connectivity index (χ3v) is 2.64. The molecule has 0 saturated heterocycles. The van der Waals surface area contributed by atoms with Gasteiger partial charge >= 0.3 is 5.97 Å². The zero-order valence-electron chi connectivity index (χ0n) is 12.4. The molecule has 1 aromatic rings. The predicted molar refractivity (Wildman–Crippen MR) is 78.8 cm³/mol. The molecule has 1 rings (SSSR count). The second kappa shape index (κ2) is 7.30. The molecule has 3 nitrogen and oxygen atoms in total. The Kier molecular flexibility index (Phi) is 5.74. The van der Waals surface area contributed by atoms with E-state index in [2.05, 4.69) is 6.07 Å². The van der Waals surface area contributed by atoms with Crippen LogP contribution in [0.25, 0.3) is 0 Å². The van der Waals surface area contributed by atoms with E-state index in [1.165, 1.54) is 0 Å². The van der Waals surface area contributed by atoms with Gasteiger partial charge in [0.05, 0.1) is 17.2 Å². The number of carbonyl (C=O) groups excluding carboxylic acids is 1. The summed E-state index contributed by atoms with van der Waals surface area (Å²) in [4.78, 5) is 12.0. The first-order chi connectivity index (χ1) is 9.43. The van der Waals surface area contributed by atoms with Gasteiger partial charge in [0, 0.05) is 0 Å². The van der Waals surface area contributed by atoms with Gasteiger partial charge in [-0.15, -0.1) is 0 Å². The van der Waals surface area contributed by atoms with Crippen LogP contribution in [0.1, 0.15) is 38.8 Å². The minimum atomic E-state index is -0.324. The van der Waals surface area contributed by atoms with Gasteiger partial charge in [0.2, 0.25) is 0 Å². The Balaban J connectivity index is 2.73.